The van der Waals surface area contributed by atoms with Gasteiger partial charge in [0, 0.05) is 48.5 Å². The molecule has 0 amide bonds. The Bertz CT molecular complexity index is 789. The minimum atomic E-state index is -0.611. The normalized spacial score (nSPS) is 14.2. The Balaban J connectivity index is 1.93. The van der Waals surface area contributed by atoms with E-state index in [1.165, 1.54) is 19.2 Å². The predicted molar refractivity (Wildman–Crippen MR) is 97.2 cm³/mol. The first-order valence-corrected chi connectivity index (χ1v) is 8.91. The number of esters is 1. The first-order valence-electron chi connectivity index (χ1n) is 7.75. The Kier molecular flexibility index (Phi) is 5.18. The van der Waals surface area contributed by atoms with Gasteiger partial charge >= 0.3 is 5.97 Å². The van der Waals surface area contributed by atoms with Crippen LogP contribution in [-0.2, 0) is 4.74 Å². The molecule has 0 bridgehead atoms. The van der Waals surface area contributed by atoms with Crippen LogP contribution in [0.4, 0.5) is 11.5 Å². The molecule has 8 heteroatoms. The van der Waals surface area contributed by atoms with E-state index in [1.807, 2.05) is 23.9 Å². The molecule has 0 aliphatic carbocycles. The summed E-state index contributed by atoms with van der Waals surface area (Å²) in [4.78, 5) is 29.1. The maximum absolute atomic E-state index is 11.8. The number of thioether (sulfide) groups is 1. The second-order valence-electron chi connectivity index (χ2n) is 5.52. The Morgan fingerprint density at radius 2 is 2.00 bits per heavy atom. The van der Waals surface area contributed by atoms with E-state index in [1.54, 1.807) is 12.3 Å². The summed E-state index contributed by atoms with van der Waals surface area (Å²) in [6.07, 6.45) is 1.68. The lowest BCUT2D eigenvalue weighted by Crippen LogP contribution is -2.32. The van der Waals surface area contributed by atoms with Gasteiger partial charge in [0.15, 0.2) is 0 Å². The van der Waals surface area contributed by atoms with Gasteiger partial charge in [0.05, 0.1) is 17.6 Å². The fraction of sp³-hybridized carbons (Fsp3) is 0.294. The molecule has 0 N–H and O–H groups in total. The maximum Gasteiger partial charge on any atom is 0.338 e. The summed E-state index contributed by atoms with van der Waals surface area (Å²) >= 11 is 1.93. The number of nitro groups is 1. The second kappa shape index (κ2) is 7.52. The minimum Gasteiger partial charge on any atom is -0.465 e. The summed E-state index contributed by atoms with van der Waals surface area (Å²) in [5.74, 6) is 2.44. The fourth-order valence-corrected chi connectivity index (χ4v) is 3.56. The zero-order valence-electron chi connectivity index (χ0n) is 13.7. The van der Waals surface area contributed by atoms with Crippen LogP contribution in [0.15, 0.2) is 36.5 Å². The average Bonchev–Trinajstić information content (AvgIpc) is 2.67. The molecule has 7 nitrogen and oxygen atoms in total. The Labute approximate surface area is 149 Å². The van der Waals surface area contributed by atoms with Crippen molar-refractivity contribution < 1.29 is 14.5 Å². The van der Waals surface area contributed by atoms with Crippen LogP contribution >= 0.6 is 11.8 Å². The number of carbonyl (C=O) groups excluding carboxylic acids is 1. The number of pyridine rings is 1. The van der Waals surface area contributed by atoms with E-state index < -0.39 is 10.9 Å². The number of rotatable bonds is 4. The van der Waals surface area contributed by atoms with Crippen LogP contribution in [-0.4, -0.2) is 47.6 Å². The van der Waals surface area contributed by atoms with E-state index in [0.29, 0.717) is 11.1 Å². The summed E-state index contributed by atoms with van der Waals surface area (Å²) in [7, 11) is 1.24. The molecule has 1 aliphatic heterocycles. The quantitative estimate of drug-likeness (QED) is 0.471. The number of non-ortho nitro benzene ring substituents is 1. The summed E-state index contributed by atoms with van der Waals surface area (Å²) in [6, 6.07) is 7.99. The Morgan fingerprint density at radius 3 is 2.60 bits per heavy atom. The number of hydrogen-bond acceptors (Lipinski definition) is 7. The molecule has 1 aromatic heterocycles. The van der Waals surface area contributed by atoms with Crippen LogP contribution in [0.3, 0.4) is 0 Å². The van der Waals surface area contributed by atoms with Gasteiger partial charge in [-0.2, -0.15) is 11.8 Å². The first kappa shape index (κ1) is 17.2. The zero-order chi connectivity index (χ0) is 17.8. The third-order valence-corrected chi connectivity index (χ3v) is 4.91. The average molecular weight is 359 g/mol. The molecule has 3 rings (SSSR count). The van der Waals surface area contributed by atoms with Gasteiger partial charge in [0.2, 0.25) is 0 Å². The molecule has 0 spiro atoms. The van der Waals surface area contributed by atoms with Crippen molar-refractivity contribution in [1.29, 1.82) is 0 Å². The minimum absolute atomic E-state index is 0.142. The maximum atomic E-state index is 11.8. The van der Waals surface area contributed by atoms with Gasteiger partial charge in [0.1, 0.15) is 5.82 Å². The molecule has 25 heavy (non-hydrogen) atoms. The molecule has 2 heterocycles. The summed E-state index contributed by atoms with van der Waals surface area (Å²) in [5.41, 5.74) is 1.26. The molecule has 1 saturated heterocycles. The first-order chi connectivity index (χ1) is 12.1. The molecule has 1 aliphatic rings. The van der Waals surface area contributed by atoms with Crippen molar-refractivity contribution in [2.75, 3.05) is 36.6 Å². The van der Waals surface area contributed by atoms with Crippen LogP contribution in [0.5, 0.6) is 0 Å². The van der Waals surface area contributed by atoms with Crippen molar-refractivity contribution in [3.05, 3.63) is 52.2 Å². The van der Waals surface area contributed by atoms with E-state index in [9.17, 15) is 14.9 Å². The lowest BCUT2D eigenvalue weighted by molar-refractivity contribution is -0.384. The third kappa shape index (κ3) is 3.90. The molecule has 0 radical (unpaired) electrons. The standard InChI is InChI=1S/C17H17N3O4S/c1-24-17(21)14-8-13(9-15(10-14)20(22)23)12-2-3-16(18-11-12)19-4-6-25-7-5-19/h2-3,8-11H,4-7H2,1H3. The van der Waals surface area contributed by atoms with Crippen molar-refractivity contribution in [2.24, 2.45) is 0 Å². The Morgan fingerprint density at radius 1 is 1.24 bits per heavy atom. The smallest absolute Gasteiger partial charge is 0.338 e. The van der Waals surface area contributed by atoms with Gasteiger partial charge in [-0.15, -0.1) is 0 Å². The van der Waals surface area contributed by atoms with E-state index in [-0.39, 0.29) is 11.3 Å². The highest BCUT2D eigenvalue weighted by molar-refractivity contribution is 7.99. The van der Waals surface area contributed by atoms with Crippen molar-refractivity contribution >= 4 is 29.2 Å². The van der Waals surface area contributed by atoms with Gasteiger partial charge in [-0.3, -0.25) is 10.1 Å². The summed E-state index contributed by atoms with van der Waals surface area (Å²) in [5, 5.41) is 11.1. The number of nitrogens with zero attached hydrogens (tertiary/aromatic N) is 3. The van der Waals surface area contributed by atoms with E-state index >= 15 is 0 Å². The van der Waals surface area contributed by atoms with Crippen molar-refractivity contribution in [3.8, 4) is 11.1 Å². The highest BCUT2D eigenvalue weighted by atomic mass is 32.2. The highest BCUT2D eigenvalue weighted by Gasteiger charge is 2.17. The molecular formula is C17H17N3O4S. The monoisotopic (exact) mass is 359 g/mol. The number of hydrogen-bond donors (Lipinski definition) is 0. The van der Waals surface area contributed by atoms with Gasteiger partial charge in [0.25, 0.3) is 5.69 Å². The Hall–Kier alpha value is -2.61. The number of aromatic nitrogens is 1. The molecule has 2 aromatic rings. The molecule has 0 atom stereocenters. The van der Waals surface area contributed by atoms with Gasteiger partial charge in [-0.1, -0.05) is 0 Å². The number of carbonyl (C=O) groups is 1. The van der Waals surface area contributed by atoms with E-state index in [4.69, 9.17) is 0 Å². The van der Waals surface area contributed by atoms with Crippen LogP contribution in [0, 0.1) is 10.1 Å². The zero-order valence-corrected chi connectivity index (χ0v) is 14.5. The fourth-order valence-electron chi connectivity index (χ4n) is 2.66. The number of nitro benzene ring substituents is 1. The summed E-state index contributed by atoms with van der Waals surface area (Å²) < 4.78 is 4.67. The van der Waals surface area contributed by atoms with Crippen molar-refractivity contribution in [2.45, 2.75) is 0 Å². The highest BCUT2D eigenvalue weighted by Crippen LogP contribution is 2.27. The van der Waals surface area contributed by atoms with Crippen molar-refractivity contribution in [3.63, 3.8) is 0 Å². The molecule has 1 fully saturated rings. The molecular weight excluding hydrogens is 342 g/mol. The van der Waals surface area contributed by atoms with Crippen LogP contribution in [0.1, 0.15) is 10.4 Å². The van der Waals surface area contributed by atoms with Crippen molar-refractivity contribution in [1.82, 2.24) is 4.98 Å². The van der Waals surface area contributed by atoms with Crippen LogP contribution in [0.25, 0.3) is 11.1 Å². The topological polar surface area (TPSA) is 85.6 Å². The number of methoxy groups -OCH3 is 1. The van der Waals surface area contributed by atoms with Gasteiger partial charge in [-0.05, 0) is 23.8 Å². The van der Waals surface area contributed by atoms with Crippen LogP contribution in [0.2, 0.25) is 0 Å². The lowest BCUT2D eigenvalue weighted by atomic mass is 10.0. The van der Waals surface area contributed by atoms with E-state index in [0.717, 1.165) is 30.4 Å². The third-order valence-electron chi connectivity index (χ3n) is 3.97. The molecule has 1 aromatic carbocycles. The molecule has 0 unspecified atom stereocenters. The number of benzene rings is 1. The number of anilines is 1. The SMILES string of the molecule is COC(=O)c1cc(-c2ccc(N3CCSCC3)nc2)cc([N+](=O)[O-])c1. The van der Waals surface area contributed by atoms with Gasteiger partial charge in [-0.25, -0.2) is 9.78 Å². The summed E-state index contributed by atoms with van der Waals surface area (Å²) in [6.45, 7) is 1.92. The second-order valence-corrected chi connectivity index (χ2v) is 6.75. The molecule has 0 saturated carbocycles. The van der Waals surface area contributed by atoms with Gasteiger partial charge < -0.3 is 9.64 Å². The van der Waals surface area contributed by atoms with E-state index in [2.05, 4.69) is 14.6 Å². The largest absolute Gasteiger partial charge is 0.465 e. The predicted octanol–water partition coefficient (Wildman–Crippen LogP) is 3.00. The number of ether oxygens (including phenoxy) is 1. The van der Waals surface area contributed by atoms with Crippen LogP contribution < -0.4 is 4.90 Å². The molecule has 130 valence electrons. The lowest BCUT2D eigenvalue weighted by Gasteiger charge is -2.27.